The van der Waals surface area contributed by atoms with E-state index in [-0.39, 0.29) is 0 Å². The van der Waals surface area contributed by atoms with Crippen molar-refractivity contribution in [1.29, 1.82) is 0 Å². The topological polar surface area (TPSA) is 124 Å². The molecule has 0 aliphatic heterocycles. The van der Waals surface area contributed by atoms with Gasteiger partial charge in [0.05, 0.1) is 17.9 Å². The van der Waals surface area contributed by atoms with Gasteiger partial charge in [-0.3, -0.25) is 9.35 Å². The highest BCUT2D eigenvalue weighted by Gasteiger charge is 2.28. The molecule has 0 aromatic heterocycles. The van der Waals surface area contributed by atoms with E-state index in [0.717, 1.165) is 51.4 Å². The number of rotatable bonds is 28. The van der Waals surface area contributed by atoms with Gasteiger partial charge in [0.2, 0.25) is 5.91 Å². The highest BCUT2D eigenvalue weighted by molar-refractivity contribution is 7.85. The van der Waals surface area contributed by atoms with Gasteiger partial charge in [0.1, 0.15) is 6.10 Å². The van der Waals surface area contributed by atoms with Crippen LogP contribution in [0.3, 0.4) is 0 Å². The van der Waals surface area contributed by atoms with Crippen molar-refractivity contribution < 1.29 is 28.0 Å². The summed E-state index contributed by atoms with van der Waals surface area (Å²) in [6.07, 6.45) is 22.7. The maximum absolute atomic E-state index is 12.5. The average Bonchev–Trinajstić information content (AvgIpc) is 2.86. The van der Waals surface area contributed by atoms with E-state index in [4.69, 9.17) is 0 Å². The fourth-order valence-corrected chi connectivity index (χ4v) is 5.69. The van der Waals surface area contributed by atoms with Crippen LogP contribution < -0.4 is 5.32 Å². The third-order valence-corrected chi connectivity index (χ3v) is 8.20. The van der Waals surface area contributed by atoms with E-state index in [2.05, 4.69) is 19.2 Å². The minimum Gasteiger partial charge on any atom is -0.391 e. The number of nitrogens with one attached hydrogen (secondary N) is 1. The molecule has 0 aromatic carbocycles. The van der Waals surface area contributed by atoms with Crippen molar-refractivity contribution >= 4 is 16.0 Å². The van der Waals surface area contributed by atoms with Crippen LogP contribution in [0.25, 0.3) is 0 Å². The third-order valence-electron chi connectivity index (χ3n) is 7.42. The van der Waals surface area contributed by atoms with E-state index in [0.29, 0.717) is 12.8 Å². The maximum Gasteiger partial charge on any atom is 0.266 e. The van der Waals surface area contributed by atoms with Crippen LogP contribution in [0.2, 0.25) is 0 Å². The second kappa shape index (κ2) is 25.3. The van der Waals surface area contributed by atoms with Gasteiger partial charge in [-0.05, 0) is 12.8 Å². The number of hydrogen-bond donors (Lipinski definition) is 4. The van der Waals surface area contributed by atoms with Crippen LogP contribution in [0.5, 0.6) is 0 Å². The normalized spacial score (nSPS) is 14.3. The molecular weight excluding hydrogens is 502 g/mol. The fraction of sp³-hybridized carbons (Fsp3) is 0.967. The summed E-state index contributed by atoms with van der Waals surface area (Å²) in [7, 11) is -4.39. The van der Waals surface area contributed by atoms with Crippen LogP contribution >= 0.6 is 0 Å². The monoisotopic (exact) mass is 563 g/mol. The van der Waals surface area contributed by atoms with Gasteiger partial charge < -0.3 is 15.5 Å². The first-order valence-electron chi connectivity index (χ1n) is 15.8. The number of amides is 1. The summed E-state index contributed by atoms with van der Waals surface area (Å²) < 4.78 is 32.2. The van der Waals surface area contributed by atoms with Gasteiger partial charge in [0.15, 0.2) is 0 Å². The second-order valence-electron chi connectivity index (χ2n) is 11.2. The van der Waals surface area contributed by atoms with E-state index in [1.54, 1.807) is 0 Å². The molecule has 3 atom stereocenters. The Balaban J connectivity index is 4.15. The minimum absolute atomic E-state index is 0.302. The van der Waals surface area contributed by atoms with E-state index in [9.17, 15) is 28.0 Å². The summed E-state index contributed by atoms with van der Waals surface area (Å²) in [6.45, 7) is 4.43. The van der Waals surface area contributed by atoms with Crippen molar-refractivity contribution in [1.82, 2.24) is 5.32 Å². The lowest BCUT2D eigenvalue weighted by Gasteiger charge is -2.24. The van der Waals surface area contributed by atoms with Crippen molar-refractivity contribution in [2.45, 2.75) is 180 Å². The zero-order valence-corrected chi connectivity index (χ0v) is 25.5. The largest absolute Gasteiger partial charge is 0.391 e. The van der Waals surface area contributed by atoms with E-state index < -0.39 is 40.0 Å². The molecule has 0 saturated carbocycles. The lowest BCUT2D eigenvalue weighted by Crippen LogP contribution is -2.50. The predicted octanol–water partition coefficient (Wildman–Crippen LogP) is 7.09. The molecule has 8 heteroatoms. The quantitative estimate of drug-likeness (QED) is 0.0595. The predicted molar refractivity (Wildman–Crippen MR) is 158 cm³/mol. The molecule has 228 valence electrons. The van der Waals surface area contributed by atoms with Crippen LogP contribution in [0.1, 0.15) is 162 Å². The summed E-state index contributed by atoms with van der Waals surface area (Å²) >= 11 is 0. The average molecular weight is 564 g/mol. The van der Waals surface area contributed by atoms with E-state index >= 15 is 0 Å². The molecule has 0 aliphatic rings. The van der Waals surface area contributed by atoms with Crippen LogP contribution in [0.4, 0.5) is 0 Å². The summed E-state index contributed by atoms with van der Waals surface area (Å²) in [6, 6.07) is -1.14. The zero-order chi connectivity index (χ0) is 28.5. The number of aliphatic hydroxyl groups excluding tert-OH is 2. The molecule has 0 bridgehead atoms. The van der Waals surface area contributed by atoms with Crippen molar-refractivity contribution in [3.8, 4) is 0 Å². The molecule has 38 heavy (non-hydrogen) atoms. The Kier molecular flexibility index (Phi) is 24.8. The van der Waals surface area contributed by atoms with Crippen LogP contribution in [0, 0.1) is 0 Å². The van der Waals surface area contributed by atoms with E-state index in [1.165, 1.54) is 83.5 Å². The Hall–Kier alpha value is -0.700. The van der Waals surface area contributed by atoms with Gasteiger partial charge in [-0.25, -0.2) is 0 Å². The number of carbonyl (C=O) groups excluding carboxylic acids is 1. The van der Waals surface area contributed by atoms with Crippen LogP contribution in [0.15, 0.2) is 0 Å². The Labute approximate surface area is 234 Å². The summed E-state index contributed by atoms with van der Waals surface area (Å²) in [5, 5.41) is 23.3. The lowest BCUT2D eigenvalue weighted by atomic mass is 10.0. The molecule has 1 amide bonds. The molecule has 0 spiro atoms. The maximum atomic E-state index is 12.5. The van der Waals surface area contributed by atoms with Gasteiger partial charge in [0.25, 0.3) is 10.1 Å². The molecule has 0 heterocycles. The molecule has 0 saturated heterocycles. The first kappa shape index (κ1) is 37.3. The number of aliphatic hydroxyl groups is 2. The third kappa shape index (κ3) is 24.3. The fourth-order valence-electron chi connectivity index (χ4n) is 4.93. The molecule has 0 aliphatic carbocycles. The van der Waals surface area contributed by atoms with Gasteiger partial charge in [0, 0.05) is 0 Å². The highest BCUT2D eigenvalue weighted by Crippen LogP contribution is 2.15. The minimum atomic E-state index is -4.39. The Bertz CT molecular complexity index is 643. The Morgan fingerprint density at radius 2 is 0.947 bits per heavy atom. The Morgan fingerprint density at radius 3 is 1.32 bits per heavy atom. The van der Waals surface area contributed by atoms with Crippen molar-refractivity contribution in [2.75, 3.05) is 5.75 Å². The second-order valence-corrected chi connectivity index (χ2v) is 12.7. The van der Waals surface area contributed by atoms with Gasteiger partial charge in [-0.1, -0.05) is 149 Å². The first-order chi connectivity index (χ1) is 18.2. The lowest BCUT2D eigenvalue weighted by molar-refractivity contribution is -0.131. The van der Waals surface area contributed by atoms with Crippen LogP contribution in [-0.4, -0.2) is 53.1 Å². The smallest absolute Gasteiger partial charge is 0.266 e. The summed E-state index contributed by atoms with van der Waals surface area (Å²) in [5.74, 6) is -1.45. The standard InChI is InChI=1S/C30H61NO6S/c1-3-5-7-9-11-13-15-17-19-21-23-25-29(33)30(34)31-27(26-38(35,36)37)28(32)24-22-20-18-16-14-12-10-8-6-4-2/h27-29,32-33H,3-26H2,1-2H3,(H,31,34)(H,35,36,37). The number of carbonyl (C=O) groups is 1. The van der Waals surface area contributed by atoms with Gasteiger partial charge in [-0.15, -0.1) is 0 Å². The number of hydrogen-bond acceptors (Lipinski definition) is 5. The van der Waals surface area contributed by atoms with Crippen molar-refractivity contribution in [2.24, 2.45) is 0 Å². The Morgan fingerprint density at radius 1 is 0.605 bits per heavy atom. The molecule has 7 nitrogen and oxygen atoms in total. The molecule has 0 rings (SSSR count). The highest BCUT2D eigenvalue weighted by atomic mass is 32.2. The molecule has 4 N–H and O–H groups in total. The molecule has 0 fully saturated rings. The van der Waals surface area contributed by atoms with Gasteiger partial charge >= 0.3 is 0 Å². The summed E-state index contributed by atoms with van der Waals surface area (Å²) in [5.41, 5.74) is 0. The SMILES string of the molecule is CCCCCCCCCCCCCC(O)C(=O)NC(CS(=O)(=O)O)C(O)CCCCCCCCCCCC. The zero-order valence-electron chi connectivity index (χ0n) is 24.7. The van der Waals surface area contributed by atoms with Crippen molar-refractivity contribution in [3.05, 3.63) is 0 Å². The first-order valence-corrected chi connectivity index (χ1v) is 17.4. The molecule has 0 radical (unpaired) electrons. The number of unbranched alkanes of at least 4 members (excludes halogenated alkanes) is 19. The van der Waals surface area contributed by atoms with E-state index in [1.807, 2.05) is 0 Å². The molecule has 0 aromatic rings. The van der Waals surface area contributed by atoms with Crippen molar-refractivity contribution in [3.63, 3.8) is 0 Å². The molecular formula is C30H61NO6S. The summed E-state index contributed by atoms with van der Waals surface area (Å²) in [4.78, 5) is 12.5. The molecule has 3 unspecified atom stereocenters. The van der Waals surface area contributed by atoms with Gasteiger partial charge in [-0.2, -0.15) is 8.42 Å². The van der Waals surface area contributed by atoms with Crippen LogP contribution in [-0.2, 0) is 14.9 Å².